The molecule has 10 nitrogen and oxygen atoms in total. The molecule has 3 aliphatic carbocycles. The van der Waals surface area contributed by atoms with E-state index in [0.29, 0.717) is 51.4 Å². The van der Waals surface area contributed by atoms with Crippen LogP contribution in [0, 0.1) is 17.8 Å². The number of fused-ring (bicyclic) bond motifs is 4. The number of carbonyl (C=O) groups is 2. The van der Waals surface area contributed by atoms with Crippen LogP contribution in [0.25, 0.3) is 0 Å². The van der Waals surface area contributed by atoms with Crippen molar-refractivity contribution in [3.05, 3.63) is 11.8 Å². The Bertz CT molecular complexity index is 1030. The van der Waals surface area contributed by atoms with E-state index in [1.54, 1.807) is 4.90 Å². The molecular weight excluding hydrogens is 541 g/mol. The second-order valence-corrected chi connectivity index (χ2v) is 13.6. The molecule has 0 aromatic carbocycles. The van der Waals surface area contributed by atoms with Crippen LogP contribution in [-0.2, 0) is 19.1 Å². The van der Waals surface area contributed by atoms with Crippen LogP contribution in [0.4, 0.5) is 4.39 Å². The number of carbonyl (C=O) groups excluding carboxylic acids is 2. The molecule has 2 N–H and O–H groups in total. The Morgan fingerprint density at radius 2 is 1.76 bits per heavy atom. The molecular formula is C31H48FN5O5. The number of ether oxygens (including phenoxy) is 2. The Balaban J connectivity index is 1.16. The van der Waals surface area contributed by atoms with Gasteiger partial charge in [-0.2, -0.15) is 0 Å². The molecule has 3 saturated carbocycles. The minimum Gasteiger partial charge on any atom is -0.395 e. The van der Waals surface area contributed by atoms with Crippen LogP contribution in [0.1, 0.15) is 44.9 Å². The third kappa shape index (κ3) is 5.32. The van der Waals surface area contributed by atoms with E-state index in [2.05, 4.69) is 20.0 Å². The Hall–Kier alpha value is -1.63. The monoisotopic (exact) mass is 589 g/mol. The van der Waals surface area contributed by atoms with E-state index < -0.39 is 24.2 Å². The molecule has 4 heterocycles. The van der Waals surface area contributed by atoms with Gasteiger partial charge in [0.2, 0.25) is 0 Å². The van der Waals surface area contributed by atoms with Gasteiger partial charge in [-0.05, 0) is 37.5 Å². The third-order valence-corrected chi connectivity index (χ3v) is 11.4. The van der Waals surface area contributed by atoms with Crippen LogP contribution in [0.5, 0.6) is 0 Å². The zero-order valence-corrected chi connectivity index (χ0v) is 24.7. The largest absolute Gasteiger partial charge is 0.395 e. The van der Waals surface area contributed by atoms with Crippen molar-refractivity contribution in [3.63, 3.8) is 0 Å². The molecule has 4 aliphatic heterocycles. The van der Waals surface area contributed by atoms with E-state index in [0.717, 1.165) is 45.4 Å². The molecule has 1 amide bonds. The number of nitrogens with one attached hydrogen (secondary N) is 1. The maximum Gasteiger partial charge on any atom is 0.259 e. The summed E-state index contributed by atoms with van der Waals surface area (Å²) in [5.74, 6) is 0.109. The Kier molecular flexibility index (Phi) is 8.59. The van der Waals surface area contributed by atoms with E-state index in [1.807, 2.05) is 6.20 Å². The fourth-order valence-corrected chi connectivity index (χ4v) is 9.28. The summed E-state index contributed by atoms with van der Waals surface area (Å²) in [5, 5.41) is 12.8. The number of alkyl halides is 1. The van der Waals surface area contributed by atoms with E-state index in [9.17, 15) is 14.7 Å². The van der Waals surface area contributed by atoms with Crippen molar-refractivity contribution in [1.82, 2.24) is 24.9 Å². The molecule has 7 aliphatic rings. The zero-order valence-electron chi connectivity index (χ0n) is 24.7. The highest BCUT2D eigenvalue weighted by atomic mass is 19.1. The fraction of sp³-hybridized carbons (Fsp3) is 0.871. The molecule has 7 rings (SSSR count). The Morgan fingerprint density at radius 3 is 2.55 bits per heavy atom. The van der Waals surface area contributed by atoms with Crippen LogP contribution < -0.4 is 5.32 Å². The maximum atomic E-state index is 16.2. The highest BCUT2D eigenvalue weighted by molar-refractivity contribution is 6.20. The first-order valence-corrected chi connectivity index (χ1v) is 16.5. The summed E-state index contributed by atoms with van der Waals surface area (Å²) >= 11 is 0. The molecule has 9 atom stereocenters. The highest BCUT2D eigenvalue weighted by Gasteiger charge is 2.60. The van der Waals surface area contributed by atoms with Gasteiger partial charge in [0.15, 0.2) is 5.78 Å². The molecule has 42 heavy (non-hydrogen) atoms. The number of aliphatic hydroxyl groups is 1. The van der Waals surface area contributed by atoms with Crippen molar-refractivity contribution in [3.8, 4) is 0 Å². The van der Waals surface area contributed by atoms with Crippen LogP contribution in [0.2, 0.25) is 0 Å². The maximum absolute atomic E-state index is 16.2. The fourth-order valence-electron chi connectivity index (χ4n) is 9.28. The van der Waals surface area contributed by atoms with Gasteiger partial charge in [-0.1, -0.05) is 19.3 Å². The third-order valence-electron chi connectivity index (χ3n) is 11.4. The highest BCUT2D eigenvalue weighted by Crippen LogP contribution is 2.51. The standard InChI is InChI=1S/C31H48FN5O5/c32-24-17-22-28-30(26(24)33-19-35-9-7-34(8-10-35)11-14-38)42-25-6-5-20-3-1-2-4-21(20)27(25)37(28)18-23(29(22)39)31(40)36-12-15-41-16-13-36/h18,20-22,24-28,30,33,38H,1-17,19H2. The van der Waals surface area contributed by atoms with Crippen LogP contribution >= 0.6 is 0 Å². The van der Waals surface area contributed by atoms with Gasteiger partial charge in [0.05, 0.1) is 55.7 Å². The molecule has 0 spiro atoms. The van der Waals surface area contributed by atoms with Crippen LogP contribution in [0.15, 0.2) is 11.8 Å². The minimum absolute atomic E-state index is 0.0212. The van der Waals surface area contributed by atoms with Crippen LogP contribution in [-0.4, -0.2) is 145 Å². The van der Waals surface area contributed by atoms with E-state index in [1.165, 1.54) is 19.3 Å². The number of hydrogen-bond donors (Lipinski definition) is 2. The summed E-state index contributed by atoms with van der Waals surface area (Å²) in [4.78, 5) is 36.4. The summed E-state index contributed by atoms with van der Waals surface area (Å²) in [6.07, 6.45) is 7.25. The molecule has 3 saturated heterocycles. The normalized spacial score (nSPS) is 41.0. The van der Waals surface area contributed by atoms with E-state index in [4.69, 9.17) is 9.47 Å². The Labute approximate surface area is 248 Å². The smallest absolute Gasteiger partial charge is 0.259 e. The number of morpholine rings is 2. The molecule has 0 aromatic rings. The summed E-state index contributed by atoms with van der Waals surface area (Å²) in [6, 6.07) is -0.636. The number of hydrogen-bond acceptors (Lipinski definition) is 9. The summed E-state index contributed by atoms with van der Waals surface area (Å²) in [5.41, 5.74) is 0.231. The summed E-state index contributed by atoms with van der Waals surface area (Å²) in [6.45, 7) is 6.83. The number of piperazine rings is 1. The second kappa shape index (κ2) is 12.4. The molecule has 234 valence electrons. The predicted octanol–water partition coefficient (Wildman–Crippen LogP) is 0.602. The van der Waals surface area contributed by atoms with Gasteiger partial charge in [0.25, 0.3) is 5.91 Å². The van der Waals surface area contributed by atoms with Crippen molar-refractivity contribution < 1.29 is 28.6 Å². The second-order valence-electron chi connectivity index (χ2n) is 13.6. The number of halogens is 1. The molecule has 9 unspecified atom stereocenters. The first kappa shape index (κ1) is 29.1. The average Bonchev–Trinajstić information content (AvgIpc) is 3.02. The van der Waals surface area contributed by atoms with Gasteiger partial charge in [0.1, 0.15) is 6.17 Å². The molecule has 0 radical (unpaired) electrons. The summed E-state index contributed by atoms with van der Waals surface area (Å²) in [7, 11) is 0. The number of Topliss-reactive ketones (excluding diaryl/α,β-unsaturated/α-hetero) is 1. The zero-order chi connectivity index (χ0) is 28.8. The molecule has 6 fully saturated rings. The minimum atomic E-state index is -1.24. The lowest BCUT2D eigenvalue weighted by molar-refractivity contribution is -0.215. The van der Waals surface area contributed by atoms with Gasteiger partial charge in [0, 0.05) is 64.6 Å². The van der Waals surface area contributed by atoms with Gasteiger partial charge in [-0.3, -0.25) is 24.7 Å². The molecule has 0 bridgehead atoms. The lowest BCUT2D eigenvalue weighted by Crippen LogP contribution is -2.74. The average molecular weight is 590 g/mol. The van der Waals surface area contributed by atoms with Gasteiger partial charge in [-0.25, -0.2) is 4.39 Å². The van der Waals surface area contributed by atoms with Gasteiger partial charge in [-0.15, -0.1) is 0 Å². The van der Waals surface area contributed by atoms with Crippen molar-refractivity contribution in [2.45, 2.75) is 81.5 Å². The molecule has 11 heteroatoms. The van der Waals surface area contributed by atoms with E-state index >= 15 is 4.39 Å². The summed E-state index contributed by atoms with van der Waals surface area (Å²) < 4.78 is 28.5. The van der Waals surface area contributed by atoms with Crippen LogP contribution in [0.3, 0.4) is 0 Å². The van der Waals surface area contributed by atoms with E-state index in [-0.39, 0.29) is 48.5 Å². The quantitative estimate of drug-likeness (QED) is 0.432. The first-order chi connectivity index (χ1) is 20.5. The number of rotatable bonds is 6. The predicted molar refractivity (Wildman–Crippen MR) is 153 cm³/mol. The number of aliphatic hydroxyl groups excluding tert-OH is 1. The number of β-amino-alcohol motifs (C(OH)–C–C–N with tert-alkyl or cyclic N) is 1. The lowest BCUT2D eigenvalue weighted by Gasteiger charge is -2.62. The number of amides is 1. The van der Waals surface area contributed by atoms with Crippen molar-refractivity contribution in [2.75, 3.05) is 72.3 Å². The number of ketones is 1. The topological polar surface area (TPSA) is 97.8 Å². The lowest BCUT2D eigenvalue weighted by atomic mass is 9.63. The van der Waals surface area contributed by atoms with Crippen molar-refractivity contribution in [1.29, 1.82) is 0 Å². The SMILES string of the molecule is O=C1C(C(=O)N2CCOCC2)=CN2C3C(CCC4CCCCC43)OC3C(NCN4CCN(CCO)CC4)C(F)CC1C32. The van der Waals surface area contributed by atoms with Gasteiger partial charge < -0.3 is 24.4 Å². The molecule has 0 aromatic heterocycles. The Morgan fingerprint density at radius 1 is 1.00 bits per heavy atom. The van der Waals surface area contributed by atoms with Crippen molar-refractivity contribution in [2.24, 2.45) is 17.8 Å². The van der Waals surface area contributed by atoms with Crippen molar-refractivity contribution >= 4 is 11.7 Å². The van der Waals surface area contributed by atoms with Gasteiger partial charge >= 0.3 is 0 Å². The first-order valence-electron chi connectivity index (χ1n) is 16.5. The number of nitrogens with zero attached hydrogens (tertiary/aromatic N) is 4.